The molecule has 1 N–H and O–H groups in total. The Balaban J connectivity index is 1.42. The van der Waals surface area contributed by atoms with Gasteiger partial charge in [0.25, 0.3) is 0 Å². The maximum atomic E-state index is 12.7. The first kappa shape index (κ1) is 16.1. The van der Waals surface area contributed by atoms with Gasteiger partial charge in [0.1, 0.15) is 6.10 Å². The summed E-state index contributed by atoms with van der Waals surface area (Å²) in [4.78, 5) is 36.5. The summed E-state index contributed by atoms with van der Waals surface area (Å²) in [5.74, 6) is -0.857. The van der Waals surface area contributed by atoms with Crippen LogP contribution in [0.3, 0.4) is 0 Å². The van der Waals surface area contributed by atoms with E-state index in [1.807, 2.05) is 6.92 Å². The van der Waals surface area contributed by atoms with E-state index in [1.54, 1.807) is 24.3 Å². The van der Waals surface area contributed by atoms with E-state index in [-0.39, 0.29) is 47.6 Å². The van der Waals surface area contributed by atoms with Gasteiger partial charge in [-0.05, 0) is 49.4 Å². The summed E-state index contributed by atoms with van der Waals surface area (Å²) in [6, 6.07) is 6.63. The molecule has 3 aliphatic rings. The molecular weight excluding hydrogens is 322 g/mol. The lowest BCUT2D eigenvalue weighted by atomic mass is 9.79. The first-order valence-electron chi connectivity index (χ1n) is 8.87. The fourth-order valence-electron chi connectivity index (χ4n) is 4.56. The Morgan fingerprint density at radius 3 is 2.72 bits per heavy atom. The van der Waals surface area contributed by atoms with Gasteiger partial charge in [0.05, 0.1) is 24.0 Å². The summed E-state index contributed by atoms with van der Waals surface area (Å²) in [5, 5.41) is 2.88. The molecule has 6 nitrogen and oxygen atoms in total. The van der Waals surface area contributed by atoms with Crippen molar-refractivity contribution in [1.82, 2.24) is 0 Å². The van der Waals surface area contributed by atoms with Crippen molar-refractivity contribution in [1.29, 1.82) is 0 Å². The Bertz CT molecular complexity index is 711. The number of carbonyl (C=O) groups is 3. The van der Waals surface area contributed by atoms with Crippen molar-refractivity contribution in [2.75, 3.05) is 11.9 Å². The predicted molar refractivity (Wildman–Crippen MR) is 88.7 cm³/mol. The zero-order valence-electron chi connectivity index (χ0n) is 14.1. The standard InChI is InChI=1S/C19H21NO5/c1-2-7-24-18(22)10-3-5-12(6-4-10)20-17(21)15-11-8-13-14(9-11)25-19(23)16(13)15/h3-6,11,13-16H,2,7-9H2,1H3,(H,20,21). The van der Waals surface area contributed by atoms with Gasteiger partial charge in [-0.1, -0.05) is 6.92 Å². The molecule has 1 aliphatic heterocycles. The van der Waals surface area contributed by atoms with E-state index < -0.39 is 0 Å². The minimum absolute atomic E-state index is 0.0277. The highest BCUT2D eigenvalue weighted by atomic mass is 16.6. The highest BCUT2D eigenvalue weighted by molar-refractivity contribution is 5.97. The largest absolute Gasteiger partial charge is 0.462 e. The van der Waals surface area contributed by atoms with E-state index >= 15 is 0 Å². The second-order valence-corrected chi connectivity index (χ2v) is 7.12. The molecule has 5 atom stereocenters. The number of anilines is 1. The summed E-state index contributed by atoms with van der Waals surface area (Å²) < 4.78 is 10.5. The Morgan fingerprint density at radius 1 is 1.24 bits per heavy atom. The maximum Gasteiger partial charge on any atom is 0.338 e. The van der Waals surface area contributed by atoms with Crippen LogP contribution in [0, 0.1) is 23.7 Å². The van der Waals surface area contributed by atoms with E-state index in [2.05, 4.69) is 5.32 Å². The van der Waals surface area contributed by atoms with Gasteiger partial charge in [-0.15, -0.1) is 0 Å². The fraction of sp³-hybridized carbons (Fsp3) is 0.526. The van der Waals surface area contributed by atoms with Crippen molar-refractivity contribution < 1.29 is 23.9 Å². The first-order chi connectivity index (χ1) is 12.1. The number of rotatable bonds is 5. The molecule has 0 aromatic heterocycles. The zero-order valence-corrected chi connectivity index (χ0v) is 14.1. The molecular formula is C19H21NO5. The molecule has 1 saturated heterocycles. The second-order valence-electron chi connectivity index (χ2n) is 7.12. The zero-order chi connectivity index (χ0) is 17.6. The topological polar surface area (TPSA) is 81.7 Å². The van der Waals surface area contributed by atoms with Crippen molar-refractivity contribution in [3.63, 3.8) is 0 Å². The predicted octanol–water partition coefficient (Wildman–Crippen LogP) is 2.39. The Labute approximate surface area is 145 Å². The Hall–Kier alpha value is -2.37. The number of hydrogen-bond donors (Lipinski definition) is 1. The summed E-state index contributed by atoms with van der Waals surface area (Å²) in [6.45, 7) is 2.32. The van der Waals surface area contributed by atoms with E-state index in [9.17, 15) is 14.4 Å². The van der Waals surface area contributed by atoms with Crippen LogP contribution >= 0.6 is 0 Å². The van der Waals surface area contributed by atoms with Crippen molar-refractivity contribution in [3.05, 3.63) is 29.8 Å². The van der Waals surface area contributed by atoms with Crippen LogP contribution in [0.2, 0.25) is 0 Å². The summed E-state index contributed by atoms with van der Waals surface area (Å²) >= 11 is 0. The van der Waals surface area contributed by atoms with Gasteiger partial charge < -0.3 is 14.8 Å². The van der Waals surface area contributed by atoms with E-state index in [0.717, 1.165) is 19.3 Å². The lowest BCUT2D eigenvalue weighted by Gasteiger charge is -2.23. The van der Waals surface area contributed by atoms with Crippen LogP contribution in [0.25, 0.3) is 0 Å². The quantitative estimate of drug-likeness (QED) is 0.830. The van der Waals surface area contributed by atoms with Crippen LogP contribution in [-0.4, -0.2) is 30.6 Å². The summed E-state index contributed by atoms with van der Waals surface area (Å²) in [6.07, 6.45) is 2.50. The average molecular weight is 343 g/mol. The van der Waals surface area contributed by atoms with Crippen LogP contribution < -0.4 is 5.32 Å². The molecule has 2 saturated carbocycles. The van der Waals surface area contributed by atoms with Crippen LogP contribution in [0.15, 0.2) is 24.3 Å². The average Bonchev–Trinajstić information content (AvgIpc) is 3.22. The normalized spacial score (nSPS) is 31.7. The third-order valence-corrected chi connectivity index (χ3v) is 5.61. The molecule has 3 fully saturated rings. The number of fused-ring (bicyclic) bond motifs is 1. The van der Waals surface area contributed by atoms with Crippen molar-refractivity contribution in [2.45, 2.75) is 32.3 Å². The monoisotopic (exact) mass is 343 g/mol. The van der Waals surface area contributed by atoms with Crippen LogP contribution in [0.4, 0.5) is 5.69 Å². The minimum atomic E-state index is -0.368. The van der Waals surface area contributed by atoms with Crippen LogP contribution in [0.5, 0.6) is 0 Å². The lowest BCUT2D eigenvalue weighted by Crippen LogP contribution is -2.35. The Morgan fingerprint density at radius 2 is 2.00 bits per heavy atom. The van der Waals surface area contributed by atoms with Crippen molar-refractivity contribution in [3.8, 4) is 0 Å². The SMILES string of the molecule is CCCOC(=O)c1ccc(NC(=O)C2C3CC4OC(=O)C2C4C3)cc1. The van der Waals surface area contributed by atoms with E-state index in [4.69, 9.17) is 9.47 Å². The maximum absolute atomic E-state index is 12.7. The molecule has 132 valence electrons. The molecule has 1 aromatic carbocycles. The van der Waals surface area contributed by atoms with Gasteiger partial charge >= 0.3 is 11.9 Å². The molecule has 0 radical (unpaired) electrons. The third-order valence-electron chi connectivity index (χ3n) is 5.61. The van der Waals surface area contributed by atoms with Crippen LogP contribution in [-0.2, 0) is 19.1 Å². The number of nitrogens with one attached hydrogen (secondary N) is 1. The molecule has 0 spiro atoms. The number of esters is 2. The summed E-state index contributed by atoms with van der Waals surface area (Å²) in [7, 11) is 0. The number of amides is 1. The molecule has 1 aromatic rings. The number of benzene rings is 1. The van der Waals surface area contributed by atoms with E-state index in [1.165, 1.54) is 0 Å². The highest BCUT2D eigenvalue weighted by Crippen LogP contribution is 2.57. The molecule has 2 bridgehead atoms. The van der Waals surface area contributed by atoms with Crippen molar-refractivity contribution in [2.24, 2.45) is 23.7 Å². The fourth-order valence-corrected chi connectivity index (χ4v) is 4.56. The van der Waals surface area contributed by atoms with Gasteiger partial charge in [-0.25, -0.2) is 4.79 Å². The molecule has 1 amide bonds. The molecule has 6 heteroatoms. The van der Waals surface area contributed by atoms with Gasteiger partial charge in [0.2, 0.25) is 5.91 Å². The molecule has 25 heavy (non-hydrogen) atoms. The molecule has 4 rings (SSSR count). The lowest BCUT2D eigenvalue weighted by molar-refractivity contribution is -0.145. The minimum Gasteiger partial charge on any atom is -0.462 e. The number of hydrogen-bond acceptors (Lipinski definition) is 5. The summed E-state index contributed by atoms with van der Waals surface area (Å²) in [5.41, 5.74) is 1.07. The van der Waals surface area contributed by atoms with Gasteiger partial charge in [0.15, 0.2) is 0 Å². The van der Waals surface area contributed by atoms with Gasteiger partial charge in [0, 0.05) is 11.6 Å². The van der Waals surface area contributed by atoms with E-state index in [0.29, 0.717) is 17.9 Å². The smallest absolute Gasteiger partial charge is 0.338 e. The van der Waals surface area contributed by atoms with Gasteiger partial charge in [-0.3, -0.25) is 9.59 Å². The number of ether oxygens (including phenoxy) is 2. The molecule has 1 heterocycles. The van der Waals surface area contributed by atoms with Gasteiger partial charge in [-0.2, -0.15) is 0 Å². The van der Waals surface area contributed by atoms with Crippen LogP contribution in [0.1, 0.15) is 36.5 Å². The highest BCUT2D eigenvalue weighted by Gasteiger charge is 2.63. The molecule has 5 unspecified atom stereocenters. The second kappa shape index (κ2) is 6.17. The molecule has 2 aliphatic carbocycles. The Kier molecular flexibility index (Phi) is 3.98. The number of carbonyl (C=O) groups excluding carboxylic acids is 3. The van der Waals surface area contributed by atoms with Crippen molar-refractivity contribution >= 4 is 23.5 Å². The third kappa shape index (κ3) is 2.69. The first-order valence-corrected chi connectivity index (χ1v) is 8.87.